The predicted molar refractivity (Wildman–Crippen MR) is 113 cm³/mol. The van der Waals surface area contributed by atoms with Gasteiger partial charge in [-0.25, -0.2) is 4.79 Å². The van der Waals surface area contributed by atoms with Gasteiger partial charge in [0.15, 0.2) is 12.4 Å². The van der Waals surface area contributed by atoms with Gasteiger partial charge in [0.25, 0.3) is 0 Å². The fourth-order valence-corrected chi connectivity index (χ4v) is 2.90. The monoisotopic (exact) mass is 399 g/mol. The molecule has 0 bridgehead atoms. The molecule has 0 aliphatic carbocycles. The number of unbranched alkanes of at least 4 members (excludes halogenated alkanes) is 2. The van der Waals surface area contributed by atoms with Gasteiger partial charge < -0.3 is 19.5 Å². The summed E-state index contributed by atoms with van der Waals surface area (Å²) in [5, 5.41) is 8.92. The Labute approximate surface area is 172 Å². The second-order valence-corrected chi connectivity index (χ2v) is 6.86. The maximum absolute atomic E-state index is 11.5. The maximum Gasteiger partial charge on any atom is 0.335 e. The predicted octanol–water partition coefficient (Wildman–Crippen LogP) is 4.43. The smallest absolute Gasteiger partial charge is 0.335 e. The molecule has 6 nitrogen and oxygen atoms in total. The van der Waals surface area contributed by atoms with Gasteiger partial charge in [0.2, 0.25) is 0 Å². The highest BCUT2D eigenvalue weighted by Crippen LogP contribution is 2.28. The molecule has 0 aromatic heterocycles. The van der Waals surface area contributed by atoms with Crippen molar-refractivity contribution in [2.24, 2.45) is 0 Å². The van der Waals surface area contributed by atoms with E-state index in [1.54, 1.807) is 12.1 Å². The highest BCUT2D eigenvalue weighted by Gasteiger charge is 2.14. The van der Waals surface area contributed by atoms with E-state index in [-0.39, 0.29) is 12.2 Å². The van der Waals surface area contributed by atoms with Crippen molar-refractivity contribution in [1.29, 1.82) is 0 Å². The van der Waals surface area contributed by atoms with Gasteiger partial charge in [0, 0.05) is 20.0 Å². The molecule has 2 aromatic rings. The lowest BCUT2D eigenvalue weighted by Crippen LogP contribution is -2.24. The second-order valence-electron chi connectivity index (χ2n) is 6.86. The van der Waals surface area contributed by atoms with Crippen LogP contribution in [0.4, 0.5) is 5.69 Å². The zero-order valence-electron chi connectivity index (χ0n) is 17.0. The van der Waals surface area contributed by atoms with Gasteiger partial charge in [-0.05, 0) is 42.8 Å². The maximum atomic E-state index is 11.5. The Bertz CT molecular complexity index is 775. The first-order chi connectivity index (χ1) is 14.0. The Kier molecular flexibility index (Phi) is 9.02. The molecule has 0 fully saturated rings. The van der Waals surface area contributed by atoms with E-state index in [0.29, 0.717) is 17.9 Å². The highest BCUT2D eigenvalue weighted by atomic mass is 16.5. The molecule has 0 saturated carbocycles. The van der Waals surface area contributed by atoms with Crippen molar-refractivity contribution in [3.05, 3.63) is 54.1 Å². The van der Waals surface area contributed by atoms with Crippen molar-refractivity contribution in [3.63, 3.8) is 0 Å². The van der Waals surface area contributed by atoms with Crippen LogP contribution in [-0.2, 0) is 4.79 Å². The van der Waals surface area contributed by atoms with E-state index in [1.165, 1.54) is 18.6 Å². The van der Waals surface area contributed by atoms with Crippen molar-refractivity contribution in [3.8, 4) is 11.5 Å². The van der Waals surface area contributed by atoms with Crippen LogP contribution < -0.4 is 14.4 Å². The number of aldehydes is 1. The normalized spacial score (nSPS) is 11.5. The van der Waals surface area contributed by atoms with Crippen LogP contribution in [0.1, 0.15) is 43.0 Å². The van der Waals surface area contributed by atoms with E-state index in [1.807, 2.05) is 31.3 Å². The molecular weight excluding hydrogens is 370 g/mol. The van der Waals surface area contributed by atoms with Gasteiger partial charge in [0.1, 0.15) is 11.5 Å². The number of carbonyl (C=O) groups is 2. The number of aromatic carboxylic acids is 1. The zero-order chi connectivity index (χ0) is 21.1. The molecule has 0 amide bonds. The molecule has 156 valence electrons. The zero-order valence-corrected chi connectivity index (χ0v) is 17.0. The van der Waals surface area contributed by atoms with Crippen LogP contribution in [0.2, 0.25) is 0 Å². The van der Waals surface area contributed by atoms with Crippen molar-refractivity contribution in [2.45, 2.75) is 38.7 Å². The molecule has 29 heavy (non-hydrogen) atoms. The molecule has 1 atom stereocenters. The molecule has 0 aliphatic heterocycles. The number of para-hydroxylation sites is 2. The number of hydrogen-bond acceptors (Lipinski definition) is 5. The standard InChI is InChI=1S/C23H29NO5/c1-3-4-7-15-24(2)21-8-5-6-9-22(21)29-20(17-25)14-16-28-19-12-10-18(11-13-19)23(26)27/h5-6,8-13,17,20H,3-4,7,14-16H2,1-2H3,(H,26,27). The SMILES string of the molecule is CCCCCN(C)c1ccccc1OC(C=O)CCOc1ccc(C(=O)O)cc1. The number of ether oxygens (including phenoxy) is 2. The fourth-order valence-electron chi connectivity index (χ4n) is 2.90. The molecule has 0 radical (unpaired) electrons. The third kappa shape index (κ3) is 7.14. The van der Waals surface area contributed by atoms with Crippen LogP contribution in [0.3, 0.4) is 0 Å². The average molecular weight is 399 g/mol. The lowest BCUT2D eigenvalue weighted by molar-refractivity contribution is -0.114. The molecule has 2 rings (SSSR count). The van der Waals surface area contributed by atoms with Gasteiger partial charge in [-0.15, -0.1) is 0 Å². The number of carboxylic acid groups (broad SMARTS) is 1. The van der Waals surface area contributed by atoms with E-state index in [9.17, 15) is 9.59 Å². The molecular formula is C23H29NO5. The Morgan fingerprint density at radius 2 is 1.86 bits per heavy atom. The number of anilines is 1. The van der Waals surface area contributed by atoms with E-state index in [4.69, 9.17) is 14.6 Å². The Balaban J connectivity index is 1.90. The van der Waals surface area contributed by atoms with Gasteiger partial charge in [-0.2, -0.15) is 0 Å². The first-order valence-corrected chi connectivity index (χ1v) is 9.93. The Hall–Kier alpha value is -3.02. The molecule has 6 heteroatoms. The largest absolute Gasteiger partial charge is 0.493 e. The molecule has 0 saturated heterocycles. The van der Waals surface area contributed by atoms with Crippen molar-refractivity contribution >= 4 is 17.9 Å². The van der Waals surface area contributed by atoms with E-state index < -0.39 is 12.1 Å². The summed E-state index contributed by atoms with van der Waals surface area (Å²) in [6.07, 6.45) is 3.99. The highest BCUT2D eigenvalue weighted by molar-refractivity contribution is 5.87. The number of nitrogens with zero attached hydrogens (tertiary/aromatic N) is 1. The summed E-state index contributed by atoms with van der Waals surface area (Å²) < 4.78 is 11.6. The fraction of sp³-hybridized carbons (Fsp3) is 0.391. The van der Waals surface area contributed by atoms with Crippen molar-refractivity contribution < 1.29 is 24.2 Å². The molecule has 0 heterocycles. The minimum Gasteiger partial charge on any atom is -0.493 e. The number of carboxylic acids is 1. The Morgan fingerprint density at radius 1 is 1.14 bits per heavy atom. The lowest BCUT2D eigenvalue weighted by Gasteiger charge is -2.24. The van der Waals surface area contributed by atoms with Crippen molar-refractivity contribution in [1.82, 2.24) is 0 Å². The molecule has 0 aliphatic rings. The summed E-state index contributed by atoms with van der Waals surface area (Å²) in [6.45, 7) is 3.38. The first kappa shape index (κ1) is 22.3. The number of hydrogen-bond donors (Lipinski definition) is 1. The van der Waals surface area contributed by atoms with Gasteiger partial charge in [-0.1, -0.05) is 31.9 Å². The topological polar surface area (TPSA) is 76.1 Å². The lowest BCUT2D eigenvalue weighted by atomic mass is 10.2. The number of benzene rings is 2. The first-order valence-electron chi connectivity index (χ1n) is 9.93. The second kappa shape index (κ2) is 11.7. The summed E-state index contributed by atoms with van der Waals surface area (Å²) in [4.78, 5) is 24.5. The third-order valence-electron chi connectivity index (χ3n) is 4.58. The van der Waals surface area contributed by atoms with E-state index >= 15 is 0 Å². The number of carbonyl (C=O) groups excluding carboxylic acids is 1. The minimum absolute atomic E-state index is 0.200. The van der Waals surface area contributed by atoms with Crippen LogP contribution in [0.5, 0.6) is 11.5 Å². The Morgan fingerprint density at radius 3 is 2.52 bits per heavy atom. The van der Waals surface area contributed by atoms with Crippen LogP contribution in [0, 0.1) is 0 Å². The number of rotatable bonds is 13. The van der Waals surface area contributed by atoms with Crippen LogP contribution in [0.15, 0.2) is 48.5 Å². The van der Waals surface area contributed by atoms with E-state index in [2.05, 4.69) is 11.8 Å². The van der Waals surface area contributed by atoms with Crippen LogP contribution in [0.25, 0.3) is 0 Å². The van der Waals surface area contributed by atoms with Gasteiger partial charge >= 0.3 is 5.97 Å². The molecule has 0 spiro atoms. The third-order valence-corrected chi connectivity index (χ3v) is 4.58. The minimum atomic E-state index is -0.982. The van der Waals surface area contributed by atoms with Crippen LogP contribution in [-0.4, -0.2) is 43.7 Å². The summed E-state index contributed by atoms with van der Waals surface area (Å²) in [5.41, 5.74) is 1.16. The molecule has 2 aromatic carbocycles. The summed E-state index contributed by atoms with van der Waals surface area (Å²) in [7, 11) is 2.03. The quantitative estimate of drug-likeness (QED) is 0.397. The van der Waals surface area contributed by atoms with Crippen LogP contribution >= 0.6 is 0 Å². The van der Waals surface area contributed by atoms with Gasteiger partial charge in [0.05, 0.1) is 17.9 Å². The van der Waals surface area contributed by atoms with Gasteiger partial charge in [-0.3, -0.25) is 4.79 Å². The molecule has 1 N–H and O–H groups in total. The summed E-state index contributed by atoms with van der Waals surface area (Å²) >= 11 is 0. The summed E-state index contributed by atoms with van der Waals surface area (Å²) in [6, 6.07) is 13.9. The van der Waals surface area contributed by atoms with E-state index in [0.717, 1.165) is 31.4 Å². The molecule has 1 unspecified atom stereocenters. The average Bonchev–Trinajstić information content (AvgIpc) is 2.73. The van der Waals surface area contributed by atoms with Crippen molar-refractivity contribution in [2.75, 3.05) is 25.1 Å². The summed E-state index contributed by atoms with van der Waals surface area (Å²) in [5.74, 6) is 0.245.